The van der Waals surface area contributed by atoms with Gasteiger partial charge in [0.15, 0.2) is 15.0 Å². The second-order valence-electron chi connectivity index (χ2n) is 6.09. The molecule has 1 N–H and O–H groups in total. The zero-order chi connectivity index (χ0) is 18.9. The third-order valence-electron chi connectivity index (χ3n) is 4.07. The number of carbonyl (C=O) groups is 1. The molecule has 0 aliphatic rings. The summed E-state index contributed by atoms with van der Waals surface area (Å²) in [7, 11) is -3.28. The van der Waals surface area contributed by atoms with Gasteiger partial charge in [-0.15, -0.1) is 11.3 Å². The Morgan fingerprint density at radius 3 is 2.35 bits per heavy atom. The fourth-order valence-corrected chi connectivity index (χ4v) is 3.73. The quantitative estimate of drug-likeness (QED) is 0.733. The predicted molar refractivity (Wildman–Crippen MR) is 105 cm³/mol. The molecule has 0 saturated carbocycles. The summed E-state index contributed by atoms with van der Waals surface area (Å²) in [5.74, 6) is -0.328. The van der Waals surface area contributed by atoms with E-state index in [9.17, 15) is 13.2 Å². The van der Waals surface area contributed by atoms with E-state index in [4.69, 9.17) is 0 Å². The van der Waals surface area contributed by atoms with Gasteiger partial charge in [0.05, 0.1) is 10.6 Å². The van der Waals surface area contributed by atoms with Gasteiger partial charge in [0.25, 0.3) is 5.91 Å². The molecule has 0 radical (unpaired) electrons. The Bertz CT molecular complexity index is 1070. The van der Waals surface area contributed by atoms with Gasteiger partial charge < -0.3 is 0 Å². The number of nitrogens with one attached hydrogen (secondary N) is 1. The smallest absolute Gasteiger partial charge is 0.257 e. The third kappa shape index (κ3) is 4.00. The van der Waals surface area contributed by atoms with E-state index >= 15 is 0 Å². The topological polar surface area (TPSA) is 76.1 Å². The minimum absolute atomic E-state index is 0.181. The van der Waals surface area contributed by atoms with Crippen molar-refractivity contribution in [2.24, 2.45) is 0 Å². The molecule has 0 bridgehead atoms. The standard InChI is InChI=1S/C19H18N2O3S2/c1-12-4-5-15(10-13(12)2)17-11-25-19(20-17)21-18(22)14-6-8-16(9-7-14)26(3,23)24/h4-11H,1-3H3,(H,20,21,22). The van der Waals surface area contributed by atoms with Gasteiger partial charge in [0.2, 0.25) is 0 Å². The first-order valence-electron chi connectivity index (χ1n) is 7.88. The average Bonchev–Trinajstić information content (AvgIpc) is 3.05. The number of aromatic nitrogens is 1. The van der Waals surface area contributed by atoms with Gasteiger partial charge in [-0.05, 0) is 55.3 Å². The second-order valence-corrected chi connectivity index (χ2v) is 8.96. The molecule has 0 aliphatic heterocycles. The minimum Gasteiger partial charge on any atom is -0.298 e. The summed E-state index contributed by atoms with van der Waals surface area (Å²) in [6.45, 7) is 4.11. The average molecular weight is 386 g/mol. The highest BCUT2D eigenvalue weighted by atomic mass is 32.2. The number of amides is 1. The highest BCUT2D eigenvalue weighted by Crippen LogP contribution is 2.26. The summed E-state index contributed by atoms with van der Waals surface area (Å²) in [4.78, 5) is 17.0. The fraction of sp³-hybridized carbons (Fsp3) is 0.158. The van der Waals surface area contributed by atoms with Gasteiger partial charge >= 0.3 is 0 Å². The van der Waals surface area contributed by atoms with Gasteiger partial charge in [-0.3, -0.25) is 10.1 Å². The molecule has 26 heavy (non-hydrogen) atoms. The molecule has 0 spiro atoms. The lowest BCUT2D eigenvalue weighted by atomic mass is 10.1. The minimum atomic E-state index is -3.28. The lowest BCUT2D eigenvalue weighted by Gasteiger charge is -2.04. The van der Waals surface area contributed by atoms with Crippen LogP contribution in [0.5, 0.6) is 0 Å². The number of nitrogens with zero attached hydrogens (tertiary/aromatic N) is 1. The Morgan fingerprint density at radius 1 is 1.04 bits per heavy atom. The first-order valence-corrected chi connectivity index (χ1v) is 10.7. The largest absolute Gasteiger partial charge is 0.298 e. The number of thiazole rings is 1. The molecule has 0 aliphatic carbocycles. The van der Waals surface area contributed by atoms with Crippen molar-refractivity contribution in [1.29, 1.82) is 0 Å². The van der Waals surface area contributed by atoms with Crippen molar-refractivity contribution in [2.75, 3.05) is 11.6 Å². The summed E-state index contributed by atoms with van der Waals surface area (Å²) in [6.07, 6.45) is 1.13. The second kappa shape index (κ2) is 7.01. The molecule has 3 rings (SSSR count). The van der Waals surface area contributed by atoms with Crippen molar-refractivity contribution in [2.45, 2.75) is 18.7 Å². The number of anilines is 1. The molecule has 0 unspecified atom stereocenters. The summed E-state index contributed by atoms with van der Waals surface area (Å²) >= 11 is 1.35. The van der Waals surface area contributed by atoms with Gasteiger partial charge in [0, 0.05) is 22.8 Å². The number of hydrogen-bond acceptors (Lipinski definition) is 5. The van der Waals surface area contributed by atoms with E-state index in [1.54, 1.807) is 0 Å². The molecule has 134 valence electrons. The maximum Gasteiger partial charge on any atom is 0.257 e. The van der Waals surface area contributed by atoms with E-state index in [0.717, 1.165) is 17.5 Å². The first kappa shape index (κ1) is 18.3. The predicted octanol–water partition coefficient (Wildman–Crippen LogP) is 4.08. The van der Waals surface area contributed by atoms with Crippen molar-refractivity contribution < 1.29 is 13.2 Å². The molecule has 1 amide bonds. The van der Waals surface area contributed by atoms with E-state index in [1.165, 1.54) is 46.7 Å². The fourth-order valence-electron chi connectivity index (χ4n) is 2.39. The van der Waals surface area contributed by atoms with Crippen LogP contribution in [0.15, 0.2) is 52.7 Å². The number of carbonyl (C=O) groups excluding carboxylic acids is 1. The van der Waals surface area contributed by atoms with E-state index in [-0.39, 0.29) is 10.8 Å². The van der Waals surface area contributed by atoms with Crippen LogP contribution in [0, 0.1) is 13.8 Å². The molecular weight excluding hydrogens is 368 g/mol. The van der Waals surface area contributed by atoms with Crippen LogP contribution in [0.3, 0.4) is 0 Å². The highest BCUT2D eigenvalue weighted by molar-refractivity contribution is 7.90. The van der Waals surface area contributed by atoms with Gasteiger partial charge in [-0.1, -0.05) is 12.1 Å². The molecule has 5 nitrogen and oxygen atoms in total. The molecule has 7 heteroatoms. The van der Waals surface area contributed by atoms with E-state index in [1.807, 2.05) is 24.4 Å². The number of aryl methyl sites for hydroxylation is 2. The van der Waals surface area contributed by atoms with Crippen molar-refractivity contribution in [1.82, 2.24) is 4.98 Å². The molecular formula is C19H18N2O3S2. The van der Waals surface area contributed by atoms with Crippen LogP contribution in [0.4, 0.5) is 5.13 Å². The zero-order valence-corrected chi connectivity index (χ0v) is 16.2. The lowest BCUT2D eigenvalue weighted by molar-refractivity contribution is 0.102. The van der Waals surface area contributed by atoms with Crippen molar-refractivity contribution >= 4 is 32.2 Å². The monoisotopic (exact) mass is 386 g/mol. The maximum absolute atomic E-state index is 12.3. The number of rotatable bonds is 4. The Kier molecular flexibility index (Phi) is 4.93. The van der Waals surface area contributed by atoms with Crippen LogP contribution >= 0.6 is 11.3 Å². The summed E-state index contributed by atoms with van der Waals surface area (Å²) in [5, 5.41) is 5.14. The SMILES string of the molecule is Cc1ccc(-c2csc(NC(=O)c3ccc(S(C)(=O)=O)cc3)n2)cc1C. The summed E-state index contributed by atoms with van der Waals surface area (Å²) in [6, 6.07) is 11.9. The van der Waals surface area contributed by atoms with E-state index in [0.29, 0.717) is 10.7 Å². The van der Waals surface area contributed by atoms with Crippen molar-refractivity contribution in [3.05, 3.63) is 64.5 Å². The number of hydrogen-bond donors (Lipinski definition) is 1. The van der Waals surface area contributed by atoms with Crippen LogP contribution in [-0.2, 0) is 9.84 Å². The van der Waals surface area contributed by atoms with E-state index in [2.05, 4.69) is 23.3 Å². The summed E-state index contributed by atoms with van der Waals surface area (Å²) in [5.41, 5.74) is 4.59. The lowest BCUT2D eigenvalue weighted by Crippen LogP contribution is -2.12. The molecule has 1 heterocycles. The van der Waals surface area contributed by atoms with Crippen LogP contribution < -0.4 is 5.32 Å². The molecule has 0 fully saturated rings. The Morgan fingerprint density at radius 2 is 1.73 bits per heavy atom. The van der Waals surface area contributed by atoms with Crippen molar-refractivity contribution in [3.63, 3.8) is 0 Å². The van der Waals surface area contributed by atoms with E-state index < -0.39 is 9.84 Å². The van der Waals surface area contributed by atoms with Crippen LogP contribution in [-0.4, -0.2) is 25.6 Å². The number of benzene rings is 2. The Balaban J connectivity index is 1.76. The van der Waals surface area contributed by atoms with Gasteiger partial charge in [0.1, 0.15) is 0 Å². The molecule has 2 aromatic carbocycles. The maximum atomic E-state index is 12.3. The molecule has 1 aromatic heterocycles. The molecule has 0 saturated heterocycles. The molecule has 0 atom stereocenters. The Hall–Kier alpha value is -2.51. The zero-order valence-electron chi connectivity index (χ0n) is 14.6. The van der Waals surface area contributed by atoms with Gasteiger partial charge in [-0.25, -0.2) is 13.4 Å². The molecule has 3 aromatic rings. The summed E-state index contributed by atoms with van der Waals surface area (Å²) < 4.78 is 23.0. The first-order chi connectivity index (χ1) is 12.2. The van der Waals surface area contributed by atoms with Crippen LogP contribution in [0.25, 0.3) is 11.3 Å². The van der Waals surface area contributed by atoms with Crippen LogP contribution in [0.2, 0.25) is 0 Å². The van der Waals surface area contributed by atoms with Gasteiger partial charge in [-0.2, -0.15) is 0 Å². The number of sulfone groups is 1. The van der Waals surface area contributed by atoms with Crippen LogP contribution in [0.1, 0.15) is 21.5 Å². The highest BCUT2D eigenvalue weighted by Gasteiger charge is 2.12. The Labute approximate surface area is 156 Å². The third-order valence-corrected chi connectivity index (χ3v) is 5.96. The van der Waals surface area contributed by atoms with Crippen molar-refractivity contribution in [3.8, 4) is 11.3 Å². The normalized spacial score (nSPS) is 11.3.